The van der Waals surface area contributed by atoms with Gasteiger partial charge >= 0.3 is 23.5 Å². The first-order chi connectivity index (χ1) is 10.6. The monoisotopic (exact) mass is 420 g/mol. The average molecular weight is 420 g/mol. The van der Waals surface area contributed by atoms with E-state index in [2.05, 4.69) is 13.6 Å². The molecular formula is C6H15O15P3. The number of hydrogen-bond donors (Lipinski definition) is 8. The maximum absolute atomic E-state index is 11.0. The fourth-order valence-electron chi connectivity index (χ4n) is 1.83. The van der Waals surface area contributed by atoms with Crippen LogP contribution in [-0.4, -0.2) is 76.9 Å². The smallest absolute Gasteiger partial charge is 0.394 e. The third-order valence-corrected chi connectivity index (χ3v) is 4.07. The Balaban J connectivity index is 3.18. The van der Waals surface area contributed by atoms with Gasteiger partial charge in [-0.25, -0.2) is 13.7 Å². The number of phosphoric acid groups is 3. The number of ether oxygens (including phenoxy) is 1. The van der Waals surface area contributed by atoms with Crippen molar-refractivity contribution in [1.29, 1.82) is 0 Å². The zero-order chi connectivity index (χ0) is 18.9. The summed E-state index contributed by atoms with van der Waals surface area (Å²) in [4.78, 5) is 52.6. The van der Waals surface area contributed by atoms with Gasteiger partial charge in [-0.2, -0.15) is 0 Å². The number of aliphatic hydroxyl groups is 2. The van der Waals surface area contributed by atoms with Crippen LogP contribution in [0, 0.1) is 0 Å². The van der Waals surface area contributed by atoms with Crippen molar-refractivity contribution in [2.45, 2.75) is 30.7 Å². The van der Waals surface area contributed by atoms with E-state index in [1.165, 1.54) is 0 Å². The Morgan fingerprint density at radius 3 is 1.58 bits per heavy atom. The van der Waals surface area contributed by atoms with Gasteiger partial charge in [-0.15, -0.1) is 0 Å². The Bertz CT molecular complexity index is 560. The molecule has 0 aromatic carbocycles. The van der Waals surface area contributed by atoms with Crippen molar-refractivity contribution in [2.24, 2.45) is 0 Å². The SMILES string of the molecule is O=P(O)(O)O[C@H]1O[C@H](CO)[C@@H](OP(=O)(O)O)[C@H](OP(=O)(O)O)[C@H]1O. The van der Waals surface area contributed by atoms with Gasteiger partial charge in [-0.1, -0.05) is 0 Å². The van der Waals surface area contributed by atoms with E-state index in [4.69, 9.17) is 39.2 Å². The fraction of sp³-hybridized carbons (Fsp3) is 1.00. The van der Waals surface area contributed by atoms with Crippen molar-refractivity contribution < 1.29 is 71.6 Å². The minimum atomic E-state index is -5.37. The van der Waals surface area contributed by atoms with Crippen molar-refractivity contribution in [3.63, 3.8) is 0 Å². The van der Waals surface area contributed by atoms with Crippen LogP contribution < -0.4 is 0 Å². The van der Waals surface area contributed by atoms with Crippen molar-refractivity contribution in [3.8, 4) is 0 Å². The van der Waals surface area contributed by atoms with Crippen molar-refractivity contribution in [2.75, 3.05) is 6.61 Å². The number of rotatable bonds is 7. The highest BCUT2D eigenvalue weighted by atomic mass is 31.2. The lowest BCUT2D eigenvalue weighted by Gasteiger charge is -2.42. The van der Waals surface area contributed by atoms with E-state index in [-0.39, 0.29) is 0 Å². The highest BCUT2D eigenvalue weighted by molar-refractivity contribution is 7.46. The number of phosphoric ester groups is 3. The summed E-state index contributed by atoms with van der Waals surface area (Å²) in [6.45, 7) is -1.10. The van der Waals surface area contributed by atoms with Gasteiger partial charge in [-0.05, 0) is 0 Å². The Hall–Kier alpha value is 0.210. The van der Waals surface area contributed by atoms with Gasteiger partial charge in [0.05, 0.1) is 6.61 Å². The summed E-state index contributed by atoms with van der Waals surface area (Å²) in [6, 6.07) is 0. The first-order valence-electron chi connectivity index (χ1n) is 5.79. The van der Waals surface area contributed by atoms with E-state index < -0.39 is 60.8 Å². The Kier molecular flexibility index (Phi) is 7.27. The van der Waals surface area contributed by atoms with Crippen LogP contribution in [0.15, 0.2) is 0 Å². The molecule has 24 heavy (non-hydrogen) atoms. The molecule has 8 N–H and O–H groups in total. The minimum Gasteiger partial charge on any atom is -0.394 e. The summed E-state index contributed by atoms with van der Waals surface area (Å²) in [5, 5.41) is 19.0. The van der Waals surface area contributed by atoms with Crippen molar-refractivity contribution >= 4 is 23.5 Å². The fourth-order valence-corrected chi connectivity index (χ4v) is 3.41. The van der Waals surface area contributed by atoms with Crippen molar-refractivity contribution in [1.82, 2.24) is 0 Å². The van der Waals surface area contributed by atoms with Crippen molar-refractivity contribution in [3.05, 3.63) is 0 Å². The molecule has 15 nitrogen and oxygen atoms in total. The van der Waals surface area contributed by atoms with Gasteiger partial charge in [0.15, 0.2) is 6.29 Å². The Morgan fingerprint density at radius 1 is 0.792 bits per heavy atom. The summed E-state index contributed by atoms with van der Waals surface area (Å²) in [6.07, 6.45) is -10.8. The van der Waals surface area contributed by atoms with Crippen LogP contribution in [0.1, 0.15) is 0 Å². The highest BCUT2D eigenvalue weighted by Crippen LogP contribution is 2.48. The topological polar surface area (TPSA) is 250 Å². The lowest BCUT2D eigenvalue weighted by Crippen LogP contribution is -2.60. The summed E-state index contributed by atoms with van der Waals surface area (Å²) in [5.41, 5.74) is 0. The molecule has 1 fully saturated rings. The number of hydrogen-bond acceptors (Lipinski definition) is 9. The largest absolute Gasteiger partial charge is 0.472 e. The van der Waals surface area contributed by atoms with Crippen LogP contribution in [0.4, 0.5) is 0 Å². The molecule has 0 aromatic heterocycles. The quantitative estimate of drug-likeness (QED) is 0.193. The third-order valence-electron chi connectivity index (χ3n) is 2.55. The molecule has 18 heteroatoms. The zero-order valence-corrected chi connectivity index (χ0v) is 14.1. The molecule has 0 unspecified atom stereocenters. The highest BCUT2D eigenvalue weighted by Gasteiger charge is 2.52. The molecule has 1 heterocycles. The molecule has 1 saturated heterocycles. The van der Waals surface area contributed by atoms with Crippen LogP contribution in [0.2, 0.25) is 0 Å². The second-order valence-electron chi connectivity index (χ2n) is 4.43. The van der Waals surface area contributed by atoms with Gasteiger partial charge in [0, 0.05) is 0 Å². The average Bonchev–Trinajstić information content (AvgIpc) is 2.32. The first kappa shape index (κ1) is 22.3. The molecule has 0 aromatic rings. The van der Waals surface area contributed by atoms with E-state index >= 15 is 0 Å². The lowest BCUT2D eigenvalue weighted by atomic mass is 9.99. The maximum Gasteiger partial charge on any atom is 0.472 e. The molecule has 0 spiro atoms. The Labute approximate surface area is 133 Å². The molecule has 0 saturated carbocycles. The molecule has 1 rings (SSSR count). The van der Waals surface area contributed by atoms with E-state index in [9.17, 15) is 18.8 Å². The van der Waals surface area contributed by atoms with Gasteiger partial charge in [0.2, 0.25) is 0 Å². The normalized spacial score (nSPS) is 32.8. The molecule has 1 aliphatic rings. The lowest BCUT2D eigenvalue weighted by molar-refractivity contribution is -0.274. The molecule has 144 valence electrons. The number of aliphatic hydroxyl groups excluding tert-OH is 2. The molecule has 0 aliphatic carbocycles. The summed E-state index contributed by atoms with van der Waals surface area (Å²) >= 11 is 0. The van der Waals surface area contributed by atoms with Gasteiger partial charge < -0.3 is 44.3 Å². The second-order valence-corrected chi connectivity index (χ2v) is 8.01. The van der Waals surface area contributed by atoms with E-state index in [1.54, 1.807) is 0 Å². The van der Waals surface area contributed by atoms with Gasteiger partial charge in [0.1, 0.15) is 24.4 Å². The van der Waals surface area contributed by atoms with Gasteiger partial charge in [-0.3, -0.25) is 13.6 Å². The maximum atomic E-state index is 11.0. The predicted octanol–water partition coefficient (Wildman–Crippen LogP) is -2.87. The predicted molar refractivity (Wildman–Crippen MR) is 68.7 cm³/mol. The van der Waals surface area contributed by atoms with E-state index in [1.807, 2.05) is 0 Å². The standard InChI is InChI=1S/C6H15O15P3/c7-1-2-4(19-22(9,10)11)5(20-23(12,13)14)3(8)6(18-2)21-24(15,16)17/h2-8H,1H2,(H2,9,10,11)(H2,12,13,14)(H2,15,16,17)/t2-,3-,4-,5-,6-/m1/s1. The molecule has 5 atom stereocenters. The molecule has 0 radical (unpaired) electrons. The summed E-state index contributed by atoms with van der Waals surface area (Å²) in [7, 11) is -15.9. The van der Waals surface area contributed by atoms with E-state index in [0.717, 1.165) is 0 Å². The van der Waals surface area contributed by atoms with Crippen LogP contribution >= 0.6 is 23.5 Å². The summed E-state index contributed by atoms with van der Waals surface area (Å²) < 4.78 is 49.8. The van der Waals surface area contributed by atoms with Crippen LogP contribution in [0.5, 0.6) is 0 Å². The summed E-state index contributed by atoms with van der Waals surface area (Å²) in [5.74, 6) is 0. The van der Waals surface area contributed by atoms with E-state index in [0.29, 0.717) is 0 Å². The molecule has 0 amide bonds. The van der Waals surface area contributed by atoms with Crippen LogP contribution in [0.3, 0.4) is 0 Å². The molecule has 1 aliphatic heterocycles. The van der Waals surface area contributed by atoms with Crippen LogP contribution in [0.25, 0.3) is 0 Å². The second kappa shape index (κ2) is 7.84. The van der Waals surface area contributed by atoms with Gasteiger partial charge in [0.25, 0.3) is 0 Å². The Morgan fingerprint density at radius 2 is 1.21 bits per heavy atom. The zero-order valence-electron chi connectivity index (χ0n) is 11.4. The molecule has 0 bridgehead atoms. The minimum absolute atomic E-state index is 1.10. The first-order valence-corrected chi connectivity index (χ1v) is 10.4. The molecular weight excluding hydrogens is 405 g/mol. The van der Waals surface area contributed by atoms with Crippen LogP contribution in [-0.2, 0) is 32.0 Å². The third kappa shape index (κ3) is 7.22.